The van der Waals surface area contributed by atoms with Crippen LogP contribution in [0.1, 0.15) is 19.3 Å². The van der Waals surface area contributed by atoms with Crippen molar-refractivity contribution in [1.29, 1.82) is 0 Å². The molecule has 1 aromatic carbocycles. The van der Waals surface area contributed by atoms with Crippen LogP contribution in [-0.4, -0.2) is 40.5 Å². The second kappa shape index (κ2) is 6.40. The Morgan fingerprint density at radius 2 is 1.95 bits per heavy atom. The molecule has 0 spiro atoms. The maximum atomic E-state index is 11.9. The Morgan fingerprint density at radius 1 is 1.23 bits per heavy atom. The molecular weight excluding hydrogens is 385 g/mol. The van der Waals surface area contributed by atoms with Gasteiger partial charge >= 0.3 is 143 Å². The zero-order valence-corrected chi connectivity index (χ0v) is 15.6. The second-order valence-electron chi connectivity index (χ2n) is 5.66. The van der Waals surface area contributed by atoms with Crippen molar-refractivity contribution in [3.8, 4) is 0 Å². The van der Waals surface area contributed by atoms with Gasteiger partial charge in [0.15, 0.2) is 0 Å². The van der Waals surface area contributed by atoms with Crippen molar-refractivity contribution >= 4 is 41.0 Å². The van der Waals surface area contributed by atoms with Crippen molar-refractivity contribution in [2.45, 2.75) is 19.3 Å². The van der Waals surface area contributed by atoms with Gasteiger partial charge in [-0.3, -0.25) is 0 Å². The summed E-state index contributed by atoms with van der Waals surface area (Å²) in [5.74, 6) is 0.345. The van der Waals surface area contributed by atoms with Crippen LogP contribution in [0.15, 0.2) is 46.6 Å². The number of benzene rings is 1. The summed E-state index contributed by atoms with van der Waals surface area (Å²) in [5, 5.41) is 0.760. The van der Waals surface area contributed by atoms with Gasteiger partial charge in [-0.2, -0.15) is 0 Å². The topological polar surface area (TPSA) is 37.4 Å². The second-order valence-corrected chi connectivity index (χ2v) is 10.5. The Kier molecular flexibility index (Phi) is 4.69. The molecule has 0 saturated carbocycles. The van der Waals surface area contributed by atoms with E-state index in [0.29, 0.717) is 12.5 Å². The molecule has 22 heavy (non-hydrogen) atoms. The van der Waals surface area contributed by atoms with E-state index < -0.39 is 10.0 Å². The predicted molar refractivity (Wildman–Crippen MR) is 91.9 cm³/mol. The van der Waals surface area contributed by atoms with Crippen molar-refractivity contribution in [1.82, 2.24) is 4.31 Å². The van der Waals surface area contributed by atoms with Crippen molar-refractivity contribution in [3.63, 3.8) is 0 Å². The number of rotatable bonds is 3. The quantitative estimate of drug-likeness (QED) is 0.729. The summed E-state index contributed by atoms with van der Waals surface area (Å²) in [4.78, 5) is 0. The van der Waals surface area contributed by atoms with E-state index in [-0.39, 0.29) is 15.0 Å². The first kappa shape index (κ1) is 16.1. The van der Waals surface area contributed by atoms with E-state index in [9.17, 15) is 8.42 Å². The molecule has 0 aromatic heterocycles. The molecule has 0 N–H and O–H groups in total. The van der Waals surface area contributed by atoms with Gasteiger partial charge in [-0.05, 0) is 0 Å². The normalized spacial score (nSPS) is 21.9. The van der Waals surface area contributed by atoms with Crippen LogP contribution in [0.3, 0.4) is 0 Å². The van der Waals surface area contributed by atoms with Gasteiger partial charge in [0.25, 0.3) is 0 Å². The van der Waals surface area contributed by atoms with E-state index in [2.05, 4.69) is 18.2 Å². The number of sulfonamides is 1. The molecule has 6 heteroatoms. The summed E-state index contributed by atoms with van der Waals surface area (Å²) >= 11 is 6.20. The number of hydrogen-bond acceptors (Lipinski definition) is 2. The third kappa shape index (κ3) is 3.60. The third-order valence-electron chi connectivity index (χ3n) is 3.97. The first-order chi connectivity index (χ1) is 10.4. The zero-order valence-electron chi connectivity index (χ0n) is 12.3. The zero-order chi connectivity index (χ0) is 15.7. The fraction of sp³-hybridized carbons (Fsp3) is 0.375. The number of nitrogens with zero attached hydrogens (tertiary/aromatic N) is 1. The average molecular weight is 403 g/mol. The average Bonchev–Trinajstić information content (AvgIpc) is 2.48. The first-order valence-corrected chi connectivity index (χ1v) is 11.2. The summed E-state index contributed by atoms with van der Waals surface area (Å²) in [5.41, 5.74) is 0.976. The van der Waals surface area contributed by atoms with Crippen LogP contribution in [0.5, 0.6) is 0 Å². The Morgan fingerprint density at radius 3 is 2.64 bits per heavy atom. The van der Waals surface area contributed by atoms with E-state index in [1.807, 2.05) is 18.2 Å². The van der Waals surface area contributed by atoms with Crippen molar-refractivity contribution < 1.29 is 8.42 Å². The molecule has 0 bridgehead atoms. The molecule has 1 aromatic rings. The van der Waals surface area contributed by atoms with Gasteiger partial charge in [-0.25, -0.2) is 0 Å². The SMILES string of the molecule is CS(=O)(=O)N1CCCC2CC([Se]c3ccc(Cl)cc3)=CC=C21. The van der Waals surface area contributed by atoms with Gasteiger partial charge < -0.3 is 0 Å². The molecule has 2 aliphatic rings. The Hall–Kier alpha value is -0.741. The van der Waals surface area contributed by atoms with E-state index in [1.165, 1.54) is 15.2 Å². The Balaban J connectivity index is 1.81. The standard InChI is InChI=1S/C16H18ClNO2SSe/c1-21(19,20)18-10-2-3-12-11-15(8-9-16(12)18)22-14-6-4-13(17)5-7-14/h4-9,12H,2-3,10-11H2,1H3. The molecule has 3 rings (SSSR count). The summed E-state index contributed by atoms with van der Waals surface area (Å²) in [6.45, 7) is 0.618. The summed E-state index contributed by atoms with van der Waals surface area (Å²) in [6.07, 6.45) is 8.42. The molecule has 1 heterocycles. The molecule has 1 aliphatic heterocycles. The fourth-order valence-corrected chi connectivity index (χ4v) is 6.23. The van der Waals surface area contributed by atoms with E-state index in [0.717, 1.165) is 30.0 Å². The van der Waals surface area contributed by atoms with Crippen LogP contribution < -0.4 is 4.46 Å². The third-order valence-corrected chi connectivity index (χ3v) is 7.67. The van der Waals surface area contributed by atoms with Gasteiger partial charge in [-0.15, -0.1) is 0 Å². The molecular formula is C16H18ClNO2SSe. The molecule has 1 unspecified atom stereocenters. The number of allylic oxidation sites excluding steroid dienone is 4. The molecule has 1 fully saturated rings. The fourth-order valence-electron chi connectivity index (χ4n) is 2.96. The van der Waals surface area contributed by atoms with Gasteiger partial charge in [0.2, 0.25) is 0 Å². The minimum absolute atomic E-state index is 0.278. The minimum atomic E-state index is -3.15. The molecule has 1 saturated heterocycles. The van der Waals surface area contributed by atoms with Crippen LogP contribution in [0, 0.1) is 5.92 Å². The maximum absolute atomic E-state index is 11.9. The molecule has 3 nitrogen and oxygen atoms in total. The molecule has 0 radical (unpaired) electrons. The van der Waals surface area contributed by atoms with Crippen LogP contribution >= 0.6 is 11.6 Å². The summed E-state index contributed by atoms with van der Waals surface area (Å²) < 4.78 is 28.1. The summed E-state index contributed by atoms with van der Waals surface area (Å²) in [6, 6.07) is 8.00. The predicted octanol–water partition coefficient (Wildman–Crippen LogP) is 2.51. The van der Waals surface area contributed by atoms with Crippen LogP contribution in [0.25, 0.3) is 0 Å². The van der Waals surface area contributed by atoms with Crippen LogP contribution in [0.4, 0.5) is 0 Å². The van der Waals surface area contributed by atoms with E-state index >= 15 is 0 Å². The molecule has 0 amide bonds. The van der Waals surface area contributed by atoms with Crippen molar-refractivity contribution in [2.75, 3.05) is 12.8 Å². The number of hydrogen-bond donors (Lipinski definition) is 0. The van der Waals surface area contributed by atoms with E-state index in [4.69, 9.17) is 11.6 Å². The number of piperidine rings is 1. The van der Waals surface area contributed by atoms with Gasteiger partial charge in [-0.1, -0.05) is 0 Å². The first-order valence-electron chi connectivity index (χ1n) is 7.25. The Labute approximate surface area is 143 Å². The summed E-state index contributed by atoms with van der Waals surface area (Å²) in [7, 11) is -3.15. The Bertz CT molecular complexity index is 725. The van der Waals surface area contributed by atoms with Crippen molar-refractivity contribution in [3.05, 3.63) is 51.6 Å². The van der Waals surface area contributed by atoms with Crippen molar-refractivity contribution in [2.24, 2.45) is 5.92 Å². The molecule has 1 atom stereocenters. The van der Waals surface area contributed by atoms with Gasteiger partial charge in [0.1, 0.15) is 0 Å². The van der Waals surface area contributed by atoms with Crippen LogP contribution in [-0.2, 0) is 10.0 Å². The van der Waals surface area contributed by atoms with E-state index in [1.54, 1.807) is 4.31 Å². The monoisotopic (exact) mass is 403 g/mol. The number of halogens is 1. The number of fused-ring (bicyclic) bond motifs is 1. The van der Waals surface area contributed by atoms with Crippen LogP contribution in [0.2, 0.25) is 5.02 Å². The van der Waals surface area contributed by atoms with Gasteiger partial charge in [0.05, 0.1) is 0 Å². The molecule has 1 aliphatic carbocycles. The molecule has 118 valence electrons. The van der Waals surface area contributed by atoms with Gasteiger partial charge in [0, 0.05) is 0 Å².